The van der Waals surface area contributed by atoms with Crippen LogP contribution < -0.4 is 22.4 Å². The molecule has 0 aliphatic heterocycles. The molecule has 0 bridgehead atoms. The van der Waals surface area contributed by atoms with Crippen LogP contribution in [0.25, 0.3) is 0 Å². The Kier molecular flexibility index (Phi) is 8.82. The number of benzene rings is 2. The van der Waals surface area contributed by atoms with Gasteiger partial charge in [0.2, 0.25) is 0 Å². The van der Waals surface area contributed by atoms with E-state index in [1.807, 2.05) is 41.5 Å². The molecule has 164 valence electrons. The van der Waals surface area contributed by atoms with E-state index < -0.39 is 11.2 Å². The van der Waals surface area contributed by atoms with Gasteiger partial charge in [-0.25, -0.2) is 11.0 Å². The number of carbonyl (C=O) groups excluding carboxylic acids is 2. The molecule has 0 heterocycles. The van der Waals surface area contributed by atoms with E-state index in [1.54, 1.807) is 48.5 Å². The largest absolute Gasteiger partial charge is 0.399 e. The fourth-order valence-corrected chi connectivity index (χ4v) is 1.88. The third kappa shape index (κ3) is 10.4. The molecular formula is C22H32N4O4. The van der Waals surface area contributed by atoms with Crippen LogP contribution in [-0.4, -0.2) is 23.0 Å². The second-order valence-corrected chi connectivity index (χ2v) is 8.54. The van der Waals surface area contributed by atoms with E-state index in [0.29, 0.717) is 22.5 Å². The van der Waals surface area contributed by atoms with Gasteiger partial charge in [0.15, 0.2) is 0 Å². The average molecular weight is 417 g/mol. The highest BCUT2D eigenvalue weighted by Crippen LogP contribution is 2.09. The van der Waals surface area contributed by atoms with Crippen LogP contribution in [0.3, 0.4) is 0 Å². The summed E-state index contributed by atoms with van der Waals surface area (Å²) in [6.45, 7) is 11.1. The second-order valence-electron chi connectivity index (χ2n) is 8.54. The highest BCUT2D eigenvalue weighted by atomic mass is 16.7. The molecule has 0 aliphatic rings. The summed E-state index contributed by atoms with van der Waals surface area (Å²) in [6.07, 6.45) is 0. The van der Waals surface area contributed by atoms with Gasteiger partial charge in [-0.1, -0.05) is 12.1 Å². The summed E-state index contributed by atoms with van der Waals surface area (Å²) >= 11 is 0. The summed E-state index contributed by atoms with van der Waals surface area (Å²) in [4.78, 5) is 33.4. The first-order chi connectivity index (χ1) is 13.8. The third-order valence-electron chi connectivity index (χ3n) is 3.20. The third-order valence-corrected chi connectivity index (χ3v) is 3.20. The smallest absolute Gasteiger partial charge is 0.274 e. The lowest BCUT2D eigenvalue weighted by Gasteiger charge is -2.18. The summed E-state index contributed by atoms with van der Waals surface area (Å²) in [5.41, 5.74) is 17.1. The highest BCUT2D eigenvalue weighted by Gasteiger charge is 2.14. The number of nitrogens with one attached hydrogen (secondary N) is 2. The normalized spacial score (nSPS) is 11.1. The molecule has 0 fully saturated rings. The summed E-state index contributed by atoms with van der Waals surface area (Å²) < 4.78 is 0. The molecule has 0 saturated carbocycles. The van der Waals surface area contributed by atoms with Crippen LogP contribution in [0.2, 0.25) is 0 Å². The molecule has 2 aromatic rings. The van der Waals surface area contributed by atoms with Crippen molar-refractivity contribution >= 4 is 23.2 Å². The average Bonchev–Trinajstić information content (AvgIpc) is 2.63. The van der Waals surface area contributed by atoms with Crippen LogP contribution in [0.15, 0.2) is 48.5 Å². The van der Waals surface area contributed by atoms with Crippen molar-refractivity contribution in [3.05, 3.63) is 59.7 Å². The Labute approximate surface area is 177 Å². The Balaban J connectivity index is 0.000000300. The van der Waals surface area contributed by atoms with E-state index in [4.69, 9.17) is 21.1 Å². The van der Waals surface area contributed by atoms with Crippen LogP contribution >= 0.6 is 0 Å². The Bertz CT molecular complexity index is 783. The lowest BCUT2D eigenvalue weighted by molar-refractivity contribution is -0.0590. The van der Waals surface area contributed by atoms with Gasteiger partial charge in [-0.15, -0.1) is 0 Å². The fraction of sp³-hybridized carbons (Fsp3) is 0.364. The minimum Gasteiger partial charge on any atom is -0.399 e. The number of nitrogens with two attached hydrogens (primary N) is 2. The van der Waals surface area contributed by atoms with Gasteiger partial charge in [0.25, 0.3) is 11.8 Å². The van der Waals surface area contributed by atoms with Crippen LogP contribution in [0.1, 0.15) is 62.3 Å². The molecule has 0 unspecified atom stereocenters. The van der Waals surface area contributed by atoms with E-state index in [2.05, 4.69) is 11.0 Å². The van der Waals surface area contributed by atoms with Crippen molar-refractivity contribution in [3.63, 3.8) is 0 Å². The van der Waals surface area contributed by atoms with Gasteiger partial charge in [0, 0.05) is 22.5 Å². The van der Waals surface area contributed by atoms with Gasteiger partial charge >= 0.3 is 0 Å². The molecule has 0 aromatic heterocycles. The molecule has 8 heteroatoms. The summed E-state index contributed by atoms with van der Waals surface area (Å²) in [5.74, 6) is -0.588. The molecule has 6 N–H and O–H groups in total. The van der Waals surface area contributed by atoms with E-state index in [0.717, 1.165) is 0 Å². The number of carbonyl (C=O) groups is 2. The molecule has 30 heavy (non-hydrogen) atoms. The molecule has 0 radical (unpaired) electrons. The molecule has 0 spiro atoms. The first-order valence-electron chi connectivity index (χ1n) is 9.44. The molecule has 0 aliphatic carbocycles. The monoisotopic (exact) mass is 416 g/mol. The van der Waals surface area contributed by atoms with Crippen molar-refractivity contribution in [3.8, 4) is 0 Å². The molecule has 2 amide bonds. The van der Waals surface area contributed by atoms with E-state index >= 15 is 0 Å². The first kappa shape index (κ1) is 24.9. The van der Waals surface area contributed by atoms with E-state index in [9.17, 15) is 9.59 Å². The number of rotatable bonds is 4. The Morgan fingerprint density at radius 3 is 1.30 bits per heavy atom. The minimum absolute atomic E-state index is 0.294. The topological polar surface area (TPSA) is 129 Å². The zero-order valence-corrected chi connectivity index (χ0v) is 18.4. The quantitative estimate of drug-likeness (QED) is 0.446. The number of hydrogen-bond donors (Lipinski definition) is 4. The van der Waals surface area contributed by atoms with Gasteiger partial charge in [-0.05, 0) is 77.9 Å². The van der Waals surface area contributed by atoms with Crippen molar-refractivity contribution in [1.82, 2.24) is 11.0 Å². The molecular weight excluding hydrogens is 384 g/mol. The lowest BCUT2D eigenvalue weighted by Crippen LogP contribution is -2.33. The number of nitrogen functional groups attached to an aromatic ring is 2. The standard InChI is InChI=1S/2C11H16N2O2/c2*1-11(2,3)15-13-10(14)8-5-4-6-9(12)7-8/h2*4-7H,12H2,1-3H3,(H,13,14). The van der Waals surface area contributed by atoms with E-state index in [-0.39, 0.29) is 11.8 Å². The van der Waals surface area contributed by atoms with Crippen LogP contribution in [-0.2, 0) is 9.68 Å². The first-order valence-corrected chi connectivity index (χ1v) is 9.44. The van der Waals surface area contributed by atoms with Crippen LogP contribution in [0, 0.1) is 0 Å². The number of hydroxylamine groups is 2. The minimum atomic E-state index is -0.407. The van der Waals surface area contributed by atoms with Crippen LogP contribution in [0.4, 0.5) is 11.4 Å². The molecule has 2 rings (SSSR count). The molecule has 0 atom stereocenters. The maximum atomic E-state index is 11.6. The maximum Gasteiger partial charge on any atom is 0.274 e. The summed E-state index contributed by atoms with van der Waals surface area (Å²) in [7, 11) is 0. The Morgan fingerprint density at radius 1 is 0.700 bits per heavy atom. The fourth-order valence-electron chi connectivity index (χ4n) is 1.88. The Hall–Kier alpha value is -3.10. The number of anilines is 2. The lowest BCUT2D eigenvalue weighted by atomic mass is 10.2. The maximum absolute atomic E-state index is 11.6. The van der Waals surface area contributed by atoms with Gasteiger partial charge in [0.05, 0.1) is 11.2 Å². The number of amides is 2. The van der Waals surface area contributed by atoms with Crippen molar-refractivity contribution in [2.45, 2.75) is 52.7 Å². The SMILES string of the molecule is CC(C)(C)ONC(=O)c1cccc(N)c1.CC(C)(C)ONC(=O)c1cccc(N)c1. The summed E-state index contributed by atoms with van der Waals surface area (Å²) in [6, 6.07) is 13.4. The van der Waals surface area contributed by atoms with Crippen molar-refractivity contribution < 1.29 is 19.3 Å². The van der Waals surface area contributed by atoms with Gasteiger partial charge in [0.1, 0.15) is 0 Å². The molecule has 0 saturated heterocycles. The van der Waals surface area contributed by atoms with Gasteiger partial charge in [-0.2, -0.15) is 0 Å². The summed E-state index contributed by atoms with van der Waals surface area (Å²) in [5, 5.41) is 0. The second kappa shape index (κ2) is 10.6. The highest BCUT2D eigenvalue weighted by molar-refractivity contribution is 5.94. The predicted molar refractivity (Wildman–Crippen MR) is 118 cm³/mol. The van der Waals surface area contributed by atoms with Gasteiger partial charge < -0.3 is 11.5 Å². The van der Waals surface area contributed by atoms with E-state index in [1.165, 1.54) is 0 Å². The van der Waals surface area contributed by atoms with Crippen molar-refractivity contribution in [2.24, 2.45) is 0 Å². The number of hydrogen-bond acceptors (Lipinski definition) is 6. The van der Waals surface area contributed by atoms with Gasteiger partial charge in [-0.3, -0.25) is 19.3 Å². The Morgan fingerprint density at radius 2 is 1.03 bits per heavy atom. The predicted octanol–water partition coefficient (Wildman–Crippen LogP) is 3.46. The molecule has 8 nitrogen and oxygen atoms in total. The molecule has 2 aromatic carbocycles. The van der Waals surface area contributed by atoms with Crippen molar-refractivity contribution in [2.75, 3.05) is 11.5 Å². The van der Waals surface area contributed by atoms with Crippen LogP contribution in [0.5, 0.6) is 0 Å². The zero-order valence-electron chi connectivity index (χ0n) is 18.4. The zero-order chi connectivity index (χ0) is 22.9. The van der Waals surface area contributed by atoms with Crippen molar-refractivity contribution in [1.29, 1.82) is 0 Å².